The van der Waals surface area contributed by atoms with Crippen LogP contribution >= 0.6 is 0 Å². The number of esters is 1. The van der Waals surface area contributed by atoms with Gasteiger partial charge in [-0.25, -0.2) is 9.48 Å². The van der Waals surface area contributed by atoms with Crippen LogP contribution in [0.15, 0.2) is 36.5 Å². The first-order valence-electron chi connectivity index (χ1n) is 8.70. The highest BCUT2D eigenvalue weighted by Crippen LogP contribution is 2.21. The number of carbonyl (C=O) groups excluding carboxylic acids is 2. The maximum atomic E-state index is 12.5. The number of benzene rings is 1. The zero-order valence-corrected chi connectivity index (χ0v) is 14.7. The van der Waals surface area contributed by atoms with Gasteiger partial charge in [0.15, 0.2) is 12.4 Å². The van der Waals surface area contributed by atoms with Crippen LogP contribution in [0, 0.1) is 0 Å². The topological polar surface area (TPSA) is 86.9 Å². The van der Waals surface area contributed by atoms with Crippen LogP contribution in [0.1, 0.15) is 17.3 Å². The second-order valence-electron chi connectivity index (χ2n) is 5.96. The lowest BCUT2D eigenvalue weighted by molar-refractivity contribution is -0.899. The fraction of sp³-hybridized carbons (Fsp3) is 0.389. The quantitative estimate of drug-likeness (QED) is 0.704. The molecule has 0 atom stereocenters. The van der Waals surface area contributed by atoms with Crippen molar-refractivity contribution >= 4 is 17.7 Å². The molecule has 1 aliphatic heterocycles. The molecule has 0 aliphatic carbocycles. The van der Waals surface area contributed by atoms with Crippen LogP contribution in [-0.4, -0.2) is 61.1 Å². The molecule has 26 heavy (non-hydrogen) atoms. The van der Waals surface area contributed by atoms with Gasteiger partial charge in [-0.05, 0) is 19.1 Å². The molecule has 0 unspecified atom stereocenters. The zero-order chi connectivity index (χ0) is 18.4. The Morgan fingerprint density at radius 1 is 1.27 bits per heavy atom. The van der Waals surface area contributed by atoms with Crippen molar-refractivity contribution in [1.82, 2.24) is 9.78 Å². The molecule has 0 radical (unpaired) electrons. The fourth-order valence-electron chi connectivity index (χ4n) is 2.83. The van der Waals surface area contributed by atoms with E-state index in [4.69, 9.17) is 9.47 Å². The maximum Gasteiger partial charge on any atom is 0.343 e. The lowest BCUT2D eigenvalue weighted by Crippen LogP contribution is -3.15. The average Bonchev–Trinajstić information content (AvgIpc) is 3.07. The van der Waals surface area contributed by atoms with Crippen molar-refractivity contribution in [1.29, 1.82) is 0 Å². The number of para-hydroxylation sites is 1. The molecule has 2 aromatic rings. The number of quaternary nitrogens is 1. The van der Waals surface area contributed by atoms with E-state index in [0.29, 0.717) is 25.6 Å². The highest BCUT2D eigenvalue weighted by atomic mass is 16.5. The Hall–Kier alpha value is -2.71. The van der Waals surface area contributed by atoms with Crippen molar-refractivity contribution in [2.24, 2.45) is 0 Å². The van der Waals surface area contributed by atoms with Crippen LogP contribution in [0.25, 0.3) is 5.69 Å². The third-order valence-electron chi connectivity index (χ3n) is 4.13. The molecule has 2 N–H and O–H groups in total. The number of nitrogens with zero attached hydrogens (tertiary/aromatic N) is 2. The minimum Gasteiger partial charge on any atom is -0.462 e. The van der Waals surface area contributed by atoms with E-state index in [1.165, 1.54) is 6.20 Å². The van der Waals surface area contributed by atoms with E-state index >= 15 is 0 Å². The zero-order valence-electron chi connectivity index (χ0n) is 14.7. The van der Waals surface area contributed by atoms with Crippen LogP contribution < -0.4 is 10.2 Å². The van der Waals surface area contributed by atoms with E-state index in [-0.39, 0.29) is 18.1 Å². The van der Waals surface area contributed by atoms with Crippen LogP contribution in [-0.2, 0) is 14.3 Å². The molecule has 1 aliphatic rings. The first-order chi connectivity index (χ1) is 12.7. The average molecular weight is 359 g/mol. The molecule has 1 amide bonds. The summed E-state index contributed by atoms with van der Waals surface area (Å²) in [6, 6.07) is 9.32. The minimum atomic E-state index is -0.510. The number of aromatic nitrogens is 2. The van der Waals surface area contributed by atoms with Gasteiger partial charge in [-0.1, -0.05) is 18.2 Å². The summed E-state index contributed by atoms with van der Waals surface area (Å²) in [5.41, 5.74) is 0.984. The highest BCUT2D eigenvalue weighted by Gasteiger charge is 2.24. The van der Waals surface area contributed by atoms with Crippen molar-refractivity contribution in [3.8, 4) is 5.69 Å². The molecule has 2 heterocycles. The third kappa shape index (κ3) is 4.27. The monoisotopic (exact) mass is 359 g/mol. The number of carbonyl (C=O) groups is 2. The Bertz CT molecular complexity index is 754. The number of amides is 1. The largest absolute Gasteiger partial charge is 0.462 e. The summed E-state index contributed by atoms with van der Waals surface area (Å²) in [5.74, 6) is -0.360. The van der Waals surface area contributed by atoms with Gasteiger partial charge in [0.25, 0.3) is 5.91 Å². The summed E-state index contributed by atoms with van der Waals surface area (Å²) in [5, 5.41) is 7.11. The molecule has 3 rings (SSSR count). The molecule has 1 saturated heterocycles. The molecule has 1 fully saturated rings. The third-order valence-corrected chi connectivity index (χ3v) is 4.13. The lowest BCUT2D eigenvalue weighted by atomic mass is 10.3. The molecule has 0 spiro atoms. The molecular formula is C18H23N4O4+. The first kappa shape index (κ1) is 18.1. The van der Waals surface area contributed by atoms with Gasteiger partial charge in [0.1, 0.15) is 18.7 Å². The van der Waals surface area contributed by atoms with Crippen molar-refractivity contribution < 1.29 is 24.0 Å². The van der Waals surface area contributed by atoms with Crippen molar-refractivity contribution in [2.45, 2.75) is 6.92 Å². The standard InChI is InChI=1S/C18H22N4O4/c1-2-26-18(24)15-12-19-22(14-6-4-3-5-7-14)17(15)20-16(23)13-21-8-10-25-11-9-21/h3-7,12H,2,8-11,13H2,1H3,(H,20,23)/p+1. The number of hydrogen-bond donors (Lipinski definition) is 2. The summed E-state index contributed by atoms with van der Waals surface area (Å²) in [6.07, 6.45) is 1.42. The normalized spacial score (nSPS) is 14.8. The Morgan fingerprint density at radius 3 is 2.69 bits per heavy atom. The van der Waals surface area contributed by atoms with Gasteiger partial charge < -0.3 is 19.7 Å². The number of anilines is 1. The van der Waals surface area contributed by atoms with Gasteiger partial charge in [0, 0.05) is 0 Å². The predicted molar refractivity (Wildman–Crippen MR) is 94.5 cm³/mol. The van der Waals surface area contributed by atoms with E-state index in [0.717, 1.165) is 23.7 Å². The Morgan fingerprint density at radius 2 is 2.00 bits per heavy atom. The van der Waals surface area contributed by atoms with Gasteiger partial charge >= 0.3 is 5.97 Å². The first-order valence-corrected chi connectivity index (χ1v) is 8.70. The minimum absolute atomic E-state index is 0.176. The molecule has 1 aromatic heterocycles. The number of ether oxygens (including phenoxy) is 2. The number of hydrogen-bond acceptors (Lipinski definition) is 5. The van der Waals surface area contributed by atoms with Crippen LogP contribution in [0.3, 0.4) is 0 Å². The number of morpholine rings is 1. The van der Waals surface area contributed by atoms with E-state index < -0.39 is 5.97 Å². The summed E-state index contributed by atoms with van der Waals surface area (Å²) in [7, 11) is 0. The van der Waals surface area contributed by atoms with Crippen LogP contribution in [0.2, 0.25) is 0 Å². The van der Waals surface area contributed by atoms with Gasteiger partial charge in [-0.3, -0.25) is 4.79 Å². The van der Waals surface area contributed by atoms with Crippen molar-refractivity contribution in [3.05, 3.63) is 42.1 Å². The SMILES string of the molecule is CCOC(=O)c1cnn(-c2ccccc2)c1NC(=O)C[NH+]1CCOCC1. The van der Waals surface area contributed by atoms with E-state index in [9.17, 15) is 9.59 Å². The van der Waals surface area contributed by atoms with Gasteiger partial charge in [-0.15, -0.1) is 0 Å². The summed E-state index contributed by atoms with van der Waals surface area (Å²) in [6.45, 7) is 5.18. The summed E-state index contributed by atoms with van der Waals surface area (Å²) < 4.78 is 11.9. The predicted octanol–water partition coefficient (Wildman–Crippen LogP) is -0.0974. The molecule has 138 valence electrons. The smallest absolute Gasteiger partial charge is 0.343 e. The summed E-state index contributed by atoms with van der Waals surface area (Å²) >= 11 is 0. The second-order valence-corrected chi connectivity index (χ2v) is 5.96. The van der Waals surface area contributed by atoms with E-state index in [2.05, 4.69) is 10.4 Å². The molecule has 8 nitrogen and oxygen atoms in total. The van der Waals surface area contributed by atoms with Gasteiger partial charge in [-0.2, -0.15) is 5.10 Å². The fourth-order valence-corrected chi connectivity index (χ4v) is 2.83. The molecule has 1 aromatic carbocycles. The highest BCUT2D eigenvalue weighted by molar-refractivity contribution is 6.00. The number of nitrogens with one attached hydrogen (secondary N) is 2. The Balaban J connectivity index is 1.83. The Labute approximate surface area is 151 Å². The van der Waals surface area contributed by atoms with Gasteiger partial charge in [0.05, 0.1) is 31.7 Å². The van der Waals surface area contributed by atoms with Crippen molar-refractivity contribution in [2.75, 3.05) is 44.8 Å². The second kappa shape index (κ2) is 8.59. The Kier molecular flexibility index (Phi) is 5.98. The van der Waals surface area contributed by atoms with E-state index in [1.54, 1.807) is 11.6 Å². The maximum absolute atomic E-state index is 12.5. The molecule has 0 bridgehead atoms. The van der Waals surface area contributed by atoms with Crippen molar-refractivity contribution in [3.63, 3.8) is 0 Å². The van der Waals surface area contributed by atoms with E-state index in [1.807, 2.05) is 30.3 Å². The number of rotatable bonds is 6. The molecular weight excluding hydrogens is 336 g/mol. The van der Waals surface area contributed by atoms with Gasteiger partial charge in [0.2, 0.25) is 0 Å². The molecule has 8 heteroatoms. The molecule has 0 saturated carbocycles. The summed E-state index contributed by atoms with van der Waals surface area (Å²) in [4.78, 5) is 25.9. The van der Waals surface area contributed by atoms with Crippen LogP contribution in [0.4, 0.5) is 5.82 Å². The van der Waals surface area contributed by atoms with Crippen LogP contribution in [0.5, 0.6) is 0 Å². The lowest BCUT2D eigenvalue weighted by Gasteiger charge is -2.23.